The molecule has 0 bridgehead atoms. The zero-order valence-electron chi connectivity index (χ0n) is 15.6. The van der Waals surface area contributed by atoms with Crippen LogP contribution >= 0.6 is 27.5 Å². The highest BCUT2D eigenvalue weighted by atomic mass is 79.9. The third-order valence-electron chi connectivity index (χ3n) is 4.75. The Kier molecular flexibility index (Phi) is 5.27. The van der Waals surface area contributed by atoms with Crippen molar-refractivity contribution in [2.45, 2.75) is 12.5 Å². The second kappa shape index (κ2) is 7.59. The molecule has 0 N–H and O–H groups in total. The van der Waals surface area contributed by atoms with Crippen LogP contribution in [0.5, 0.6) is 5.75 Å². The predicted molar refractivity (Wildman–Crippen MR) is 118 cm³/mol. The topological polar surface area (TPSA) is 71.9 Å². The van der Waals surface area contributed by atoms with Crippen LogP contribution in [0, 0.1) is 0 Å². The zero-order valence-corrected chi connectivity index (χ0v) is 18.8. The molecule has 0 saturated heterocycles. The van der Waals surface area contributed by atoms with Gasteiger partial charge in [0.05, 0.1) is 30.6 Å². The van der Waals surface area contributed by atoms with E-state index in [1.165, 1.54) is 0 Å². The van der Waals surface area contributed by atoms with Gasteiger partial charge in [-0.1, -0.05) is 39.7 Å². The number of hydrazone groups is 1. The van der Waals surface area contributed by atoms with Crippen LogP contribution < -0.4 is 4.74 Å². The van der Waals surface area contributed by atoms with Crippen molar-refractivity contribution in [2.75, 3.05) is 13.4 Å². The second-order valence-corrected chi connectivity index (χ2v) is 9.85. The molecule has 0 aliphatic carbocycles. The van der Waals surface area contributed by atoms with Crippen molar-refractivity contribution in [3.63, 3.8) is 0 Å². The largest absolute Gasteiger partial charge is 0.497 e. The fourth-order valence-electron chi connectivity index (χ4n) is 3.35. The number of halogens is 2. The first kappa shape index (κ1) is 20.1. The van der Waals surface area contributed by atoms with Crippen LogP contribution in [0.25, 0.3) is 10.9 Å². The van der Waals surface area contributed by atoms with Crippen molar-refractivity contribution in [3.05, 3.63) is 69.3 Å². The standard InChI is InChI=1S/C20H17BrClN3O3S/c1-28-15-7-8-17-13(9-15)10-16(20(22)23-17)19-11-18(24-25(19)29(2,26)27)12-3-5-14(21)6-4-12/h3-10,19H,11H2,1-2H3. The lowest BCUT2D eigenvalue weighted by molar-refractivity contribution is 0.374. The lowest BCUT2D eigenvalue weighted by atomic mass is 9.99. The van der Waals surface area contributed by atoms with Crippen LogP contribution in [-0.2, 0) is 10.0 Å². The van der Waals surface area contributed by atoms with Gasteiger partial charge in [-0.15, -0.1) is 0 Å². The maximum absolute atomic E-state index is 12.5. The number of hydrogen-bond acceptors (Lipinski definition) is 5. The van der Waals surface area contributed by atoms with E-state index in [4.69, 9.17) is 16.3 Å². The summed E-state index contributed by atoms with van der Waals surface area (Å²) in [6.07, 6.45) is 1.53. The Bertz CT molecular complexity index is 1230. The summed E-state index contributed by atoms with van der Waals surface area (Å²) in [7, 11) is -2.02. The summed E-state index contributed by atoms with van der Waals surface area (Å²) in [4.78, 5) is 4.45. The zero-order chi connectivity index (χ0) is 20.8. The summed E-state index contributed by atoms with van der Waals surface area (Å²) in [5.74, 6) is 0.686. The number of ether oxygens (including phenoxy) is 1. The van der Waals surface area contributed by atoms with Gasteiger partial charge in [0, 0.05) is 21.8 Å². The molecule has 1 unspecified atom stereocenters. The summed E-state index contributed by atoms with van der Waals surface area (Å²) in [6, 6.07) is 14.3. The number of benzene rings is 2. The minimum atomic E-state index is -3.61. The number of aromatic nitrogens is 1. The molecule has 1 aromatic heterocycles. The molecule has 6 nitrogen and oxygen atoms in total. The van der Waals surface area contributed by atoms with Crippen LogP contribution in [-0.4, -0.2) is 36.9 Å². The maximum atomic E-state index is 12.5. The molecule has 0 amide bonds. The normalized spacial score (nSPS) is 16.9. The van der Waals surface area contributed by atoms with Gasteiger partial charge >= 0.3 is 0 Å². The Hall–Kier alpha value is -2.16. The first-order valence-corrected chi connectivity index (χ1v) is 11.8. The van der Waals surface area contributed by atoms with Crippen molar-refractivity contribution >= 4 is 54.2 Å². The second-order valence-electron chi connectivity index (χ2n) is 6.74. The van der Waals surface area contributed by atoms with Crippen LogP contribution in [0.2, 0.25) is 5.15 Å². The Labute approximate surface area is 182 Å². The molecule has 0 saturated carbocycles. The van der Waals surface area contributed by atoms with Crippen LogP contribution in [0.3, 0.4) is 0 Å². The van der Waals surface area contributed by atoms with Gasteiger partial charge < -0.3 is 4.74 Å². The van der Waals surface area contributed by atoms with E-state index >= 15 is 0 Å². The molecule has 29 heavy (non-hydrogen) atoms. The number of rotatable bonds is 4. The maximum Gasteiger partial charge on any atom is 0.247 e. The monoisotopic (exact) mass is 493 g/mol. The lowest BCUT2D eigenvalue weighted by Gasteiger charge is -2.22. The van der Waals surface area contributed by atoms with Gasteiger partial charge in [-0.2, -0.15) is 9.52 Å². The molecule has 0 spiro atoms. The molecule has 4 rings (SSSR count). The van der Waals surface area contributed by atoms with Crippen LogP contribution in [0.1, 0.15) is 23.6 Å². The van der Waals surface area contributed by atoms with Crippen molar-refractivity contribution in [2.24, 2.45) is 5.10 Å². The number of nitrogens with zero attached hydrogens (tertiary/aromatic N) is 3. The Morgan fingerprint density at radius 3 is 2.55 bits per heavy atom. The van der Waals surface area contributed by atoms with Gasteiger partial charge in [-0.25, -0.2) is 13.4 Å². The fourth-order valence-corrected chi connectivity index (χ4v) is 4.78. The van der Waals surface area contributed by atoms with E-state index in [-0.39, 0.29) is 5.15 Å². The average molecular weight is 495 g/mol. The van der Waals surface area contributed by atoms with Crippen molar-refractivity contribution < 1.29 is 13.2 Å². The molecule has 0 fully saturated rings. The Morgan fingerprint density at radius 2 is 1.90 bits per heavy atom. The minimum absolute atomic E-state index is 0.258. The average Bonchev–Trinajstić information content (AvgIpc) is 3.13. The van der Waals surface area contributed by atoms with Crippen molar-refractivity contribution in [3.8, 4) is 5.75 Å². The summed E-state index contributed by atoms with van der Waals surface area (Å²) in [6.45, 7) is 0. The highest BCUT2D eigenvalue weighted by Gasteiger charge is 2.36. The van der Waals surface area contributed by atoms with Gasteiger partial charge in [-0.05, 0) is 42.0 Å². The SMILES string of the molecule is COc1ccc2nc(Cl)c(C3CC(c4ccc(Br)cc4)=NN3S(C)(=O)=O)cc2c1. The molecule has 150 valence electrons. The van der Waals surface area contributed by atoms with Gasteiger partial charge in [-0.3, -0.25) is 0 Å². The number of methoxy groups -OCH3 is 1. The third kappa shape index (κ3) is 3.97. The first-order valence-electron chi connectivity index (χ1n) is 8.73. The number of hydrogen-bond donors (Lipinski definition) is 0. The van der Waals surface area contributed by atoms with E-state index in [0.717, 1.165) is 26.1 Å². The smallest absolute Gasteiger partial charge is 0.247 e. The Balaban J connectivity index is 1.80. The van der Waals surface area contributed by atoms with Gasteiger partial charge in [0.2, 0.25) is 10.0 Å². The van der Waals surface area contributed by atoms with Gasteiger partial charge in [0.15, 0.2) is 0 Å². The van der Waals surface area contributed by atoms with Gasteiger partial charge in [0.25, 0.3) is 0 Å². The molecule has 9 heteroatoms. The van der Waals surface area contributed by atoms with Crippen molar-refractivity contribution in [1.82, 2.24) is 9.40 Å². The third-order valence-corrected chi connectivity index (χ3v) is 6.60. The molecular weight excluding hydrogens is 478 g/mol. The fraction of sp³-hybridized carbons (Fsp3) is 0.200. The molecule has 1 aliphatic rings. The highest BCUT2D eigenvalue weighted by molar-refractivity contribution is 9.10. The molecule has 2 aromatic carbocycles. The van der Waals surface area contributed by atoms with E-state index in [1.807, 2.05) is 42.5 Å². The van der Waals surface area contributed by atoms with E-state index < -0.39 is 16.1 Å². The summed E-state index contributed by atoms with van der Waals surface area (Å²) in [5, 5.41) is 5.48. The van der Waals surface area contributed by atoms with E-state index in [1.54, 1.807) is 13.2 Å². The molecule has 3 aromatic rings. The number of pyridine rings is 1. The number of fused-ring (bicyclic) bond motifs is 1. The quantitative estimate of drug-likeness (QED) is 0.490. The van der Waals surface area contributed by atoms with E-state index in [9.17, 15) is 8.42 Å². The summed E-state index contributed by atoms with van der Waals surface area (Å²) in [5.41, 5.74) is 2.84. The summed E-state index contributed by atoms with van der Waals surface area (Å²) < 4.78 is 32.2. The van der Waals surface area contributed by atoms with Crippen LogP contribution in [0.15, 0.2) is 58.1 Å². The van der Waals surface area contributed by atoms with E-state index in [0.29, 0.717) is 29.0 Å². The van der Waals surface area contributed by atoms with E-state index in [2.05, 4.69) is 26.0 Å². The van der Waals surface area contributed by atoms with Crippen molar-refractivity contribution in [1.29, 1.82) is 0 Å². The molecular formula is C20H17BrClN3O3S. The summed E-state index contributed by atoms with van der Waals surface area (Å²) >= 11 is 9.87. The molecule has 1 aliphatic heterocycles. The molecule has 1 atom stereocenters. The Morgan fingerprint density at radius 1 is 1.17 bits per heavy atom. The molecule has 2 heterocycles. The lowest BCUT2D eigenvalue weighted by Crippen LogP contribution is -2.26. The molecule has 0 radical (unpaired) electrons. The number of sulfonamides is 1. The highest BCUT2D eigenvalue weighted by Crippen LogP contribution is 2.39. The van der Waals surface area contributed by atoms with Crippen LogP contribution in [0.4, 0.5) is 0 Å². The van der Waals surface area contributed by atoms with Gasteiger partial charge in [0.1, 0.15) is 10.9 Å². The first-order chi connectivity index (χ1) is 13.8. The minimum Gasteiger partial charge on any atom is -0.497 e. The predicted octanol–water partition coefficient (Wildman–Crippen LogP) is 4.77.